The Bertz CT molecular complexity index is 968. The van der Waals surface area contributed by atoms with Crippen LogP contribution in [0.1, 0.15) is 52.7 Å². The molecule has 1 amide bonds. The molecule has 2 aromatic rings. The Hall–Kier alpha value is -2.18. The molecule has 0 radical (unpaired) electrons. The number of rotatable bonds is 6. The molecule has 0 bridgehead atoms. The lowest BCUT2D eigenvalue weighted by Crippen LogP contribution is -2.45. The van der Waals surface area contributed by atoms with Crippen molar-refractivity contribution in [3.8, 4) is 0 Å². The minimum atomic E-state index is -3.52. The van der Waals surface area contributed by atoms with E-state index in [1.165, 1.54) is 0 Å². The highest BCUT2D eigenvalue weighted by molar-refractivity contribution is 7.89. The van der Waals surface area contributed by atoms with Crippen LogP contribution in [0.15, 0.2) is 47.4 Å². The van der Waals surface area contributed by atoms with Gasteiger partial charge in [0.05, 0.1) is 4.90 Å². The van der Waals surface area contributed by atoms with Crippen molar-refractivity contribution in [2.75, 3.05) is 13.1 Å². The van der Waals surface area contributed by atoms with Gasteiger partial charge >= 0.3 is 0 Å². The van der Waals surface area contributed by atoms with Crippen LogP contribution in [0.2, 0.25) is 0 Å². The molecule has 156 valence electrons. The quantitative estimate of drug-likeness (QED) is 0.778. The van der Waals surface area contributed by atoms with E-state index in [1.807, 2.05) is 51.1 Å². The maximum atomic E-state index is 13.1. The number of carbonyl (C=O) groups excluding carboxylic acids is 1. The molecule has 1 fully saturated rings. The minimum absolute atomic E-state index is 0.0885. The zero-order valence-corrected chi connectivity index (χ0v) is 18.3. The molecule has 0 aliphatic carbocycles. The Morgan fingerprint density at radius 1 is 1.03 bits per heavy atom. The molecule has 6 heteroatoms. The first kappa shape index (κ1) is 21.5. The standard InChI is InChI=1S/C23H30N2O3S/c1-17-7-10-21(11-8-17)29(27,28)25-15-5-4-6-20(25)13-14-24-23(26)22-12-9-18(2)16-19(22)3/h7-12,16,20H,4-6,13-15H2,1-3H3,(H,24,26). The van der Waals surface area contributed by atoms with Crippen LogP contribution in [0.3, 0.4) is 0 Å². The highest BCUT2D eigenvalue weighted by Gasteiger charge is 2.33. The van der Waals surface area contributed by atoms with Crippen LogP contribution in [0.25, 0.3) is 0 Å². The van der Waals surface area contributed by atoms with Crippen LogP contribution in [-0.2, 0) is 10.0 Å². The van der Waals surface area contributed by atoms with Gasteiger partial charge in [0.25, 0.3) is 5.91 Å². The van der Waals surface area contributed by atoms with E-state index in [-0.39, 0.29) is 11.9 Å². The second-order valence-electron chi connectivity index (χ2n) is 7.94. The first-order valence-corrected chi connectivity index (χ1v) is 11.7. The number of benzene rings is 2. The van der Waals surface area contributed by atoms with Crippen molar-refractivity contribution < 1.29 is 13.2 Å². The van der Waals surface area contributed by atoms with Crippen molar-refractivity contribution in [2.45, 2.75) is 57.4 Å². The Balaban J connectivity index is 1.65. The number of aryl methyl sites for hydroxylation is 3. The summed E-state index contributed by atoms with van der Waals surface area (Å²) in [6.07, 6.45) is 3.32. The Morgan fingerprint density at radius 2 is 1.72 bits per heavy atom. The molecule has 1 atom stereocenters. The number of sulfonamides is 1. The predicted octanol–water partition coefficient (Wildman–Crippen LogP) is 3.98. The first-order chi connectivity index (χ1) is 13.8. The fourth-order valence-electron chi connectivity index (χ4n) is 3.94. The SMILES string of the molecule is Cc1ccc(S(=O)(=O)N2CCCCC2CCNC(=O)c2ccc(C)cc2C)cc1. The number of carbonyl (C=O) groups is 1. The number of piperidine rings is 1. The zero-order valence-electron chi connectivity index (χ0n) is 17.4. The fraction of sp³-hybridized carbons (Fsp3) is 0.435. The van der Waals surface area contributed by atoms with E-state index in [0.717, 1.165) is 36.0 Å². The van der Waals surface area contributed by atoms with Crippen molar-refractivity contribution >= 4 is 15.9 Å². The molecule has 1 saturated heterocycles. The van der Waals surface area contributed by atoms with Crippen LogP contribution >= 0.6 is 0 Å². The smallest absolute Gasteiger partial charge is 0.251 e. The molecule has 1 N–H and O–H groups in total. The third-order valence-corrected chi connectivity index (χ3v) is 7.56. The molecule has 2 aromatic carbocycles. The molecule has 0 aromatic heterocycles. The van der Waals surface area contributed by atoms with E-state index in [9.17, 15) is 13.2 Å². The lowest BCUT2D eigenvalue weighted by molar-refractivity contribution is 0.0949. The third kappa shape index (κ3) is 5.06. The molecule has 5 nitrogen and oxygen atoms in total. The average molecular weight is 415 g/mol. The first-order valence-electron chi connectivity index (χ1n) is 10.2. The maximum Gasteiger partial charge on any atom is 0.251 e. The second kappa shape index (κ2) is 9.09. The lowest BCUT2D eigenvalue weighted by Gasteiger charge is -2.34. The number of nitrogens with zero attached hydrogens (tertiary/aromatic N) is 1. The number of nitrogens with one attached hydrogen (secondary N) is 1. The van der Waals surface area contributed by atoms with Gasteiger partial charge in [-0.05, 0) is 63.8 Å². The van der Waals surface area contributed by atoms with Gasteiger partial charge in [-0.25, -0.2) is 8.42 Å². The summed E-state index contributed by atoms with van der Waals surface area (Å²) in [6, 6.07) is 12.7. The Kier molecular flexibility index (Phi) is 6.75. The van der Waals surface area contributed by atoms with Crippen LogP contribution in [0.5, 0.6) is 0 Å². The van der Waals surface area contributed by atoms with Crippen molar-refractivity contribution in [2.24, 2.45) is 0 Å². The summed E-state index contributed by atoms with van der Waals surface area (Å²) in [5, 5.41) is 2.97. The second-order valence-corrected chi connectivity index (χ2v) is 9.83. The molecule has 1 unspecified atom stereocenters. The van der Waals surface area contributed by atoms with Crippen molar-refractivity contribution in [1.82, 2.24) is 9.62 Å². The highest BCUT2D eigenvalue weighted by atomic mass is 32.2. The lowest BCUT2D eigenvalue weighted by atomic mass is 10.0. The van der Waals surface area contributed by atoms with E-state index in [0.29, 0.717) is 30.0 Å². The van der Waals surface area contributed by atoms with Crippen LogP contribution in [-0.4, -0.2) is 37.8 Å². The van der Waals surface area contributed by atoms with Gasteiger partial charge in [-0.2, -0.15) is 4.31 Å². The normalized spacial score (nSPS) is 17.8. The van der Waals surface area contributed by atoms with Gasteiger partial charge in [-0.1, -0.05) is 41.8 Å². The van der Waals surface area contributed by atoms with Crippen molar-refractivity contribution in [3.63, 3.8) is 0 Å². The van der Waals surface area contributed by atoms with Crippen LogP contribution in [0.4, 0.5) is 0 Å². The number of hydrogen-bond donors (Lipinski definition) is 1. The molecule has 0 saturated carbocycles. The summed E-state index contributed by atoms with van der Waals surface area (Å²) in [4.78, 5) is 12.8. The largest absolute Gasteiger partial charge is 0.352 e. The van der Waals surface area contributed by atoms with E-state index >= 15 is 0 Å². The van der Waals surface area contributed by atoms with Crippen LogP contribution < -0.4 is 5.32 Å². The van der Waals surface area contributed by atoms with E-state index in [4.69, 9.17) is 0 Å². The highest BCUT2D eigenvalue weighted by Crippen LogP contribution is 2.27. The van der Waals surface area contributed by atoms with Gasteiger partial charge in [0, 0.05) is 24.7 Å². The molecule has 1 heterocycles. The summed E-state index contributed by atoms with van der Waals surface area (Å²) in [6.45, 7) is 6.86. The molecule has 1 aliphatic rings. The monoisotopic (exact) mass is 414 g/mol. The topological polar surface area (TPSA) is 66.5 Å². The molecule has 1 aliphatic heterocycles. The fourth-order valence-corrected chi connectivity index (χ4v) is 5.66. The molecular weight excluding hydrogens is 384 g/mol. The van der Waals surface area contributed by atoms with Gasteiger partial charge in [0.2, 0.25) is 10.0 Å². The van der Waals surface area contributed by atoms with Gasteiger partial charge < -0.3 is 5.32 Å². The van der Waals surface area contributed by atoms with E-state index in [2.05, 4.69) is 5.32 Å². The summed E-state index contributed by atoms with van der Waals surface area (Å²) in [5.74, 6) is -0.105. The van der Waals surface area contributed by atoms with E-state index < -0.39 is 10.0 Å². The Morgan fingerprint density at radius 3 is 2.41 bits per heavy atom. The average Bonchev–Trinajstić information content (AvgIpc) is 2.68. The van der Waals surface area contributed by atoms with Crippen molar-refractivity contribution in [1.29, 1.82) is 0 Å². The summed E-state index contributed by atoms with van der Waals surface area (Å²) in [5.41, 5.74) is 3.78. The molecule has 0 spiro atoms. The Labute approximate surface area is 174 Å². The number of amides is 1. The maximum absolute atomic E-state index is 13.1. The zero-order chi connectivity index (χ0) is 21.0. The molecular formula is C23H30N2O3S. The number of hydrogen-bond acceptors (Lipinski definition) is 3. The predicted molar refractivity (Wildman–Crippen MR) is 116 cm³/mol. The van der Waals surface area contributed by atoms with Crippen LogP contribution in [0, 0.1) is 20.8 Å². The van der Waals surface area contributed by atoms with E-state index in [1.54, 1.807) is 16.4 Å². The summed E-state index contributed by atoms with van der Waals surface area (Å²) < 4.78 is 27.9. The molecule has 3 rings (SSSR count). The molecule has 29 heavy (non-hydrogen) atoms. The summed E-state index contributed by atoms with van der Waals surface area (Å²) in [7, 11) is -3.52. The van der Waals surface area contributed by atoms with Gasteiger partial charge in [-0.15, -0.1) is 0 Å². The summed E-state index contributed by atoms with van der Waals surface area (Å²) >= 11 is 0. The third-order valence-electron chi connectivity index (χ3n) is 5.59. The van der Waals surface area contributed by atoms with Crippen molar-refractivity contribution in [3.05, 3.63) is 64.7 Å². The van der Waals surface area contributed by atoms with Gasteiger partial charge in [-0.3, -0.25) is 4.79 Å². The van der Waals surface area contributed by atoms with Gasteiger partial charge in [0.1, 0.15) is 0 Å². The van der Waals surface area contributed by atoms with Gasteiger partial charge in [0.15, 0.2) is 0 Å². The minimum Gasteiger partial charge on any atom is -0.352 e.